The molecule has 1 nitrogen and oxygen atoms in total. The van der Waals surface area contributed by atoms with Gasteiger partial charge in [0, 0.05) is 5.57 Å². The molecular weight excluding hydrogens is 366 g/mol. The largest absolute Gasteiger partial charge is 0.508 e. The zero-order valence-electron chi connectivity index (χ0n) is 17.1. The average molecular weight is 397 g/mol. The minimum atomic E-state index is -1.75. The van der Waals surface area contributed by atoms with E-state index in [1.54, 1.807) is 42.5 Å². The molecule has 0 spiro atoms. The van der Waals surface area contributed by atoms with E-state index < -0.39 is 17.4 Å². The van der Waals surface area contributed by atoms with Gasteiger partial charge in [0.15, 0.2) is 6.17 Å². The summed E-state index contributed by atoms with van der Waals surface area (Å²) < 4.78 is 31.0. The topological polar surface area (TPSA) is 20.2 Å². The second-order valence-corrected chi connectivity index (χ2v) is 7.93. The Morgan fingerprint density at radius 1 is 0.897 bits per heavy atom. The summed E-state index contributed by atoms with van der Waals surface area (Å²) >= 11 is 0. The number of allylic oxidation sites excluding steroid dienone is 4. The molecule has 29 heavy (non-hydrogen) atoms. The van der Waals surface area contributed by atoms with Crippen molar-refractivity contribution in [1.82, 2.24) is 0 Å². The number of benzene rings is 2. The lowest BCUT2D eigenvalue weighted by molar-refractivity contribution is 0.212. The monoisotopic (exact) mass is 396 g/mol. The first kappa shape index (κ1) is 21.3. The summed E-state index contributed by atoms with van der Waals surface area (Å²) in [6.07, 6.45) is 8.90. The van der Waals surface area contributed by atoms with Gasteiger partial charge in [0.05, 0.1) is 5.41 Å². The standard InChI is InChI=1S/C26H30F2O/c1-2-3-4-5-6-10-18-26(21-13-15-22(29)16-14-21)19-17-23(24(27)25(26)28)20-11-8-7-9-12-20/h7-9,11-17,19,25,29H,2-6,10,18H2,1H3. The number of phenolic OH excluding ortho intramolecular Hbond substituents is 1. The summed E-state index contributed by atoms with van der Waals surface area (Å²) in [4.78, 5) is 0. The Morgan fingerprint density at radius 2 is 1.55 bits per heavy atom. The maximum atomic E-state index is 15.7. The van der Waals surface area contributed by atoms with Gasteiger partial charge < -0.3 is 5.11 Å². The van der Waals surface area contributed by atoms with Crippen LogP contribution in [0.5, 0.6) is 5.75 Å². The highest BCUT2D eigenvalue weighted by Crippen LogP contribution is 2.46. The van der Waals surface area contributed by atoms with Gasteiger partial charge >= 0.3 is 0 Å². The third kappa shape index (κ3) is 4.77. The fraction of sp³-hybridized carbons (Fsp3) is 0.385. The Morgan fingerprint density at radius 3 is 2.24 bits per heavy atom. The molecule has 2 aromatic carbocycles. The van der Waals surface area contributed by atoms with E-state index in [-0.39, 0.29) is 5.75 Å². The minimum Gasteiger partial charge on any atom is -0.508 e. The van der Waals surface area contributed by atoms with Gasteiger partial charge in [0.25, 0.3) is 0 Å². The van der Waals surface area contributed by atoms with Crippen molar-refractivity contribution in [2.45, 2.75) is 63.5 Å². The first-order valence-electron chi connectivity index (χ1n) is 10.7. The van der Waals surface area contributed by atoms with Crippen LogP contribution in [0.15, 0.2) is 72.6 Å². The first-order valence-corrected chi connectivity index (χ1v) is 10.7. The van der Waals surface area contributed by atoms with E-state index >= 15 is 8.78 Å². The van der Waals surface area contributed by atoms with Gasteiger partial charge in [0.2, 0.25) is 0 Å². The molecule has 0 fully saturated rings. The number of alkyl halides is 1. The van der Waals surface area contributed by atoms with Crippen LogP contribution in [0.3, 0.4) is 0 Å². The molecule has 0 saturated heterocycles. The Bertz CT molecular complexity index is 839. The minimum absolute atomic E-state index is 0.125. The van der Waals surface area contributed by atoms with E-state index in [9.17, 15) is 5.11 Å². The average Bonchev–Trinajstić information content (AvgIpc) is 2.75. The molecule has 0 amide bonds. The van der Waals surface area contributed by atoms with E-state index in [1.165, 1.54) is 19.3 Å². The molecule has 3 rings (SSSR count). The fourth-order valence-electron chi connectivity index (χ4n) is 4.18. The first-order chi connectivity index (χ1) is 14.1. The fourth-order valence-corrected chi connectivity index (χ4v) is 4.18. The van der Waals surface area contributed by atoms with Gasteiger partial charge in [-0.25, -0.2) is 8.78 Å². The molecule has 0 bridgehead atoms. The lowest BCUT2D eigenvalue weighted by atomic mass is 9.69. The lowest BCUT2D eigenvalue weighted by Crippen LogP contribution is -2.37. The van der Waals surface area contributed by atoms with Crippen LogP contribution in [0.2, 0.25) is 0 Å². The molecule has 1 aliphatic carbocycles. The summed E-state index contributed by atoms with van der Waals surface area (Å²) in [7, 11) is 0. The number of rotatable bonds is 9. The molecular formula is C26H30F2O. The van der Waals surface area contributed by atoms with Crippen LogP contribution >= 0.6 is 0 Å². The zero-order chi connectivity index (χ0) is 20.7. The molecule has 1 aliphatic rings. The predicted molar refractivity (Wildman–Crippen MR) is 116 cm³/mol. The molecule has 0 radical (unpaired) electrons. The van der Waals surface area contributed by atoms with E-state index in [1.807, 2.05) is 24.3 Å². The van der Waals surface area contributed by atoms with Gasteiger partial charge in [-0.2, -0.15) is 0 Å². The van der Waals surface area contributed by atoms with Crippen LogP contribution in [-0.2, 0) is 5.41 Å². The number of phenols is 1. The molecule has 2 unspecified atom stereocenters. The normalized spacial score (nSPS) is 21.6. The van der Waals surface area contributed by atoms with Gasteiger partial charge in [-0.3, -0.25) is 0 Å². The molecule has 0 saturated carbocycles. The number of unbranched alkanes of at least 4 members (excludes halogenated alkanes) is 5. The highest BCUT2D eigenvalue weighted by atomic mass is 19.2. The smallest absolute Gasteiger partial charge is 0.165 e. The number of hydrogen-bond acceptors (Lipinski definition) is 1. The molecule has 2 aromatic rings. The number of aromatic hydroxyl groups is 1. The maximum Gasteiger partial charge on any atom is 0.165 e. The summed E-state index contributed by atoms with van der Waals surface area (Å²) in [5.74, 6) is -0.586. The van der Waals surface area contributed by atoms with Gasteiger partial charge in [-0.05, 0) is 29.7 Å². The molecule has 3 heteroatoms. The Hall–Kier alpha value is -2.42. The molecule has 154 valence electrons. The summed E-state index contributed by atoms with van der Waals surface area (Å²) in [5.41, 5.74) is 0.661. The van der Waals surface area contributed by atoms with Crippen molar-refractivity contribution in [1.29, 1.82) is 0 Å². The van der Waals surface area contributed by atoms with E-state index in [0.29, 0.717) is 23.1 Å². The van der Waals surface area contributed by atoms with Crippen LogP contribution in [0.4, 0.5) is 8.78 Å². The second kappa shape index (κ2) is 9.87. The van der Waals surface area contributed by atoms with Crippen LogP contribution in [0, 0.1) is 0 Å². The molecule has 1 N–H and O–H groups in total. The van der Waals surface area contributed by atoms with Crippen molar-refractivity contribution < 1.29 is 13.9 Å². The van der Waals surface area contributed by atoms with Crippen LogP contribution in [0.1, 0.15) is 63.0 Å². The van der Waals surface area contributed by atoms with Crippen LogP contribution in [0.25, 0.3) is 5.57 Å². The van der Waals surface area contributed by atoms with Crippen molar-refractivity contribution in [3.8, 4) is 5.75 Å². The van der Waals surface area contributed by atoms with Crippen molar-refractivity contribution in [3.63, 3.8) is 0 Å². The van der Waals surface area contributed by atoms with E-state index in [2.05, 4.69) is 6.92 Å². The van der Waals surface area contributed by atoms with Crippen molar-refractivity contribution >= 4 is 5.57 Å². The predicted octanol–water partition coefficient (Wildman–Crippen LogP) is 7.67. The van der Waals surface area contributed by atoms with Crippen molar-refractivity contribution in [2.75, 3.05) is 0 Å². The Kier molecular flexibility index (Phi) is 7.24. The lowest BCUT2D eigenvalue weighted by Gasteiger charge is -2.37. The number of hydrogen-bond donors (Lipinski definition) is 1. The highest BCUT2D eigenvalue weighted by molar-refractivity contribution is 5.78. The molecule has 0 aliphatic heterocycles. The Labute approximate surface area is 172 Å². The molecule has 0 aromatic heterocycles. The van der Waals surface area contributed by atoms with Crippen LogP contribution in [-0.4, -0.2) is 11.3 Å². The summed E-state index contributed by atoms with van der Waals surface area (Å²) in [5, 5.41) is 9.65. The van der Waals surface area contributed by atoms with E-state index in [0.717, 1.165) is 19.3 Å². The third-order valence-corrected chi connectivity index (χ3v) is 5.91. The van der Waals surface area contributed by atoms with Crippen molar-refractivity contribution in [3.05, 3.63) is 83.7 Å². The Balaban J connectivity index is 1.87. The quantitative estimate of drug-likeness (QED) is 0.431. The highest BCUT2D eigenvalue weighted by Gasteiger charge is 2.44. The van der Waals surface area contributed by atoms with E-state index in [4.69, 9.17) is 0 Å². The number of halogens is 2. The zero-order valence-corrected chi connectivity index (χ0v) is 17.1. The van der Waals surface area contributed by atoms with Gasteiger partial charge in [-0.1, -0.05) is 100 Å². The van der Waals surface area contributed by atoms with Crippen LogP contribution < -0.4 is 0 Å². The second-order valence-electron chi connectivity index (χ2n) is 7.93. The molecule has 2 atom stereocenters. The van der Waals surface area contributed by atoms with Gasteiger partial charge in [-0.15, -0.1) is 0 Å². The maximum absolute atomic E-state index is 15.7. The van der Waals surface area contributed by atoms with Gasteiger partial charge in [0.1, 0.15) is 11.6 Å². The summed E-state index contributed by atoms with van der Waals surface area (Å²) in [6, 6.07) is 15.6. The van der Waals surface area contributed by atoms with Crippen molar-refractivity contribution in [2.24, 2.45) is 0 Å². The SMILES string of the molecule is CCCCCCCCC1(c2ccc(O)cc2)C=CC(c2ccccc2)=C(F)C1F. The summed E-state index contributed by atoms with van der Waals surface area (Å²) in [6.45, 7) is 2.18. The molecule has 0 heterocycles. The third-order valence-electron chi connectivity index (χ3n) is 5.91.